The van der Waals surface area contributed by atoms with Crippen molar-refractivity contribution in [1.82, 2.24) is 4.90 Å². The molecular weight excluding hydrogens is 425 g/mol. The number of nitrogens with zero attached hydrogens (tertiary/aromatic N) is 2. The maximum atomic E-state index is 13.8. The third-order valence-corrected chi connectivity index (χ3v) is 7.59. The summed E-state index contributed by atoms with van der Waals surface area (Å²) in [6.45, 7) is 0.661. The molecule has 4 heterocycles. The number of imide groups is 1. The molecule has 3 amide bonds. The lowest BCUT2D eigenvalue weighted by molar-refractivity contribution is -0.135. The van der Waals surface area contributed by atoms with Crippen molar-refractivity contribution in [3.8, 4) is 0 Å². The van der Waals surface area contributed by atoms with Crippen LogP contribution in [-0.2, 0) is 19.9 Å². The van der Waals surface area contributed by atoms with Crippen LogP contribution in [0.5, 0.6) is 0 Å². The molecule has 0 aromatic heterocycles. The van der Waals surface area contributed by atoms with Gasteiger partial charge in [-0.25, -0.2) is 4.90 Å². The molecule has 0 aliphatic carbocycles. The van der Waals surface area contributed by atoms with Crippen LogP contribution in [0.15, 0.2) is 42.5 Å². The maximum absolute atomic E-state index is 13.8. The van der Waals surface area contributed by atoms with Gasteiger partial charge in [0.05, 0.1) is 28.2 Å². The number of rotatable bonds is 1. The Morgan fingerprint density at radius 2 is 1.83 bits per heavy atom. The summed E-state index contributed by atoms with van der Waals surface area (Å²) in [7, 11) is 0. The smallest absolute Gasteiger partial charge is 0.250 e. The van der Waals surface area contributed by atoms with Crippen molar-refractivity contribution in [3.63, 3.8) is 0 Å². The first kappa shape index (κ1) is 18.4. The molecule has 0 radical (unpaired) electrons. The number of para-hydroxylation sites is 1. The normalized spacial score (nSPS) is 32.0. The van der Waals surface area contributed by atoms with E-state index in [1.807, 2.05) is 6.07 Å². The number of carbonyl (C=O) groups is 3. The molecule has 6 rings (SSSR count). The van der Waals surface area contributed by atoms with Crippen LogP contribution < -0.4 is 10.2 Å². The van der Waals surface area contributed by atoms with Gasteiger partial charge in [0, 0.05) is 16.6 Å². The summed E-state index contributed by atoms with van der Waals surface area (Å²) < 4.78 is 0. The number of amides is 3. The molecule has 0 bridgehead atoms. The minimum atomic E-state index is -1.22. The van der Waals surface area contributed by atoms with Gasteiger partial charge in [0.15, 0.2) is 0 Å². The topological polar surface area (TPSA) is 69.7 Å². The molecule has 4 aliphatic heterocycles. The molecule has 1 N–H and O–H groups in total. The molecule has 2 aromatic carbocycles. The van der Waals surface area contributed by atoms with Crippen LogP contribution in [0.3, 0.4) is 0 Å². The van der Waals surface area contributed by atoms with E-state index in [4.69, 9.17) is 23.2 Å². The Bertz CT molecular complexity index is 1150. The van der Waals surface area contributed by atoms with E-state index in [2.05, 4.69) is 10.2 Å². The fourth-order valence-electron chi connectivity index (χ4n) is 6.06. The second-order valence-corrected chi connectivity index (χ2v) is 9.12. The monoisotopic (exact) mass is 441 g/mol. The highest BCUT2D eigenvalue weighted by molar-refractivity contribution is 6.35. The number of hydrogen-bond acceptors (Lipinski definition) is 4. The first-order chi connectivity index (χ1) is 14.5. The number of fused-ring (bicyclic) bond motifs is 7. The van der Waals surface area contributed by atoms with Crippen LogP contribution in [-0.4, -0.2) is 35.2 Å². The summed E-state index contributed by atoms with van der Waals surface area (Å²) >= 11 is 12.5. The highest BCUT2D eigenvalue weighted by Crippen LogP contribution is 2.61. The Morgan fingerprint density at radius 3 is 2.63 bits per heavy atom. The summed E-state index contributed by atoms with van der Waals surface area (Å²) in [5, 5.41) is 3.78. The van der Waals surface area contributed by atoms with E-state index in [1.54, 1.807) is 36.4 Å². The number of carbonyl (C=O) groups excluding carboxylic acids is 3. The van der Waals surface area contributed by atoms with E-state index in [9.17, 15) is 14.4 Å². The molecule has 4 aliphatic rings. The van der Waals surface area contributed by atoms with Gasteiger partial charge in [-0.3, -0.25) is 19.3 Å². The second-order valence-electron chi connectivity index (χ2n) is 8.28. The molecule has 1 spiro atoms. The van der Waals surface area contributed by atoms with Crippen LogP contribution in [0.4, 0.5) is 11.4 Å². The average Bonchev–Trinajstić information content (AvgIpc) is 3.41. The van der Waals surface area contributed by atoms with E-state index in [0.29, 0.717) is 33.5 Å². The van der Waals surface area contributed by atoms with Crippen LogP contribution in [0.1, 0.15) is 18.4 Å². The fourth-order valence-corrected chi connectivity index (χ4v) is 6.47. The lowest BCUT2D eigenvalue weighted by Gasteiger charge is -2.36. The zero-order chi connectivity index (χ0) is 20.8. The van der Waals surface area contributed by atoms with Crippen molar-refractivity contribution in [3.05, 3.63) is 58.1 Å². The SMILES string of the molecule is O=C1[C@H]2[C@@H](C(=O)N1c1cccc(Cl)c1)[C@]1(C(=O)Nc3c(Cl)cccc31)N1CCC[C@@H]21. The van der Waals surface area contributed by atoms with Gasteiger partial charge in [0.1, 0.15) is 5.54 Å². The highest BCUT2D eigenvalue weighted by atomic mass is 35.5. The Kier molecular flexibility index (Phi) is 3.71. The van der Waals surface area contributed by atoms with E-state index in [1.165, 1.54) is 4.90 Å². The maximum Gasteiger partial charge on any atom is 0.250 e. The fraction of sp³-hybridized carbons (Fsp3) is 0.318. The van der Waals surface area contributed by atoms with Gasteiger partial charge in [-0.15, -0.1) is 0 Å². The molecule has 3 fully saturated rings. The first-order valence-electron chi connectivity index (χ1n) is 9.97. The summed E-state index contributed by atoms with van der Waals surface area (Å²) in [6.07, 6.45) is 1.64. The van der Waals surface area contributed by atoms with E-state index >= 15 is 0 Å². The minimum absolute atomic E-state index is 0.161. The summed E-state index contributed by atoms with van der Waals surface area (Å²) in [4.78, 5) is 44.1. The zero-order valence-corrected chi connectivity index (χ0v) is 17.3. The predicted molar refractivity (Wildman–Crippen MR) is 112 cm³/mol. The molecule has 4 atom stereocenters. The van der Waals surface area contributed by atoms with Gasteiger partial charge in [-0.05, 0) is 43.7 Å². The van der Waals surface area contributed by atoms with E-state index < -0.39 is 17.4 Å². The van der Waals surface area contributed by atoms with Crippen LogP contribution >= 0.6 is 23.2 Å². The van der Waals surface area contributed by atoms with Crippen LogP contribution in [0, 0.1) is 11.8 Å². The lowest BCUT2D eigenvalue weighted by atomic mass is 9.75. The van der Waals surface area contributed by atoms with Crippen molar-refractivity contribution in [1.29, 1.82) is 0 Å². The average molecular weight is 442 g/mol. The van der Waals surface area contributed by atoms with Crippen molar-refractivity contribution in [2.75, 3.05) is 16.8 Å². The molecule has 3 saturated heterocycles. The van der Waals surface area contributed by atoms with Crippen molar-refractivity contribution < 1.29 is 14.4 Å². The number of hydrogen-bond donors (Lipinski definition) is 1. The Labute approximate surface area is 182 Å². The third kappa shape index (κ3) is 2.02. The van der Waals surface area contributed by atoms with Gasteiger partial charge in [0.2, 0.25) is 11.8 Å². The Balaban J connectivity index is 1.57. The van der Waals surface area contributed by atoms with Crippen LogP contribution in [0.2, 0.25) is 10.0 Å². The van der Waals surface area contributed by atoms with E-state index in [-0.39, 0.29) is 23.8 Å². The quantitative estimate of drug-likeness (QED) is 0.688. The second kappa shape index (κ2) is 6.06. The number of benzene rings is 2. The molecule has 8 heteroatoms. The summed E-state index contributed by atoms with van der Waals surface area (Å²) in [5.41, 5.74) is 0.452. The van der Waals surface area contributed by atoms with Gasteiger partial charge >= 0.3 is 0 Å². The van der Waals surface area contributed by atoms with E-state index in [0.717, 1.165) is 12.8 Å². The largest absolute Gasteiger partial charge is 0.323 e. The van der Waals surface area contributed by atoms with Crippen molar-refractivity contribution >= 4 is 52.3 Å². The molecule has 2 aromatic rings. The number of nitrogens with one attached hydrogen (secondary N) is 1. The lowest BCUT2D eigenvalue weighted by Crippen LogP contribution is -2.54. The molecule has 0 unspecified atom stereocenters. The molecule has 0 saturated carbocycles. The standard InChI is InChI=1S/C22H17Cl2N3O3/c23-11-4-1-5-12(10-11)27-19(28)16-15-8-3-9-26(15)22(17(16)20(27)29)13-6-2-7-14(24)18(13)25-21(22)30/h1-2,4-7,10,15-17H,3,8-9H2,(H,25,30)/t15-,16+,17-,22+/m0/s1. The zero-order valence-electron chi connectivity index (χ0n) is 15.8. The molecule has 30 heavy (non-hydrogen) atoms. The van der Waals surface area contributed by atoms with Crippen molar-refractivity contribution in [2.45, 2.75) is 24.4 Å². The van der Waals surface area contributed by atoms with Gasteiger partial charge in [0.25, 0.3) is 5.91 Å². The van der Waals surface area contributed by atoms with Gasteiger partial charge < -0.3 is 5.32 Å². The molecule has 6 nitrogen and oxygen atoms in total. The molecular formula is C22H17Cl2N3O3. The summed E-state index contributed by atoms with van der Waals surface area (Å²) in [6, 6.07) is 11.9. The van der Waals surface area contributed by atoms with Crippen LogP contribution in [0.25, 0.3) is 0 Å². The van der Waals surface area contributed by atoms with Crippen molar-refractivity contribution in [2.24, 2.45) is 11.8 Å². The van der Waals surface area contributed by atoms with Gasteiger partial charge in [-0.2, -0.15) is 0 Å². The highest BCUT2D eigenvalue weighted by Gasteiger charge is 2.74. The Morgan fingerprint density at radius 1 is 1.03 bits per heavy atom. The third-order valence-electron chi connectivity index (χ3n) is 7.04. The predicted octanol–water partition coefficient (Wildman–Crippen LogP) is 3.42. The first-order valence-corrected chi connectivity index (χ1v) is 10.7. The number of anilines is 2. The number of halogens is 2. The Hall–Kier alpha value is -2.41. The molecule has 152 valence electrons. The van der Waals surface area contributed by atoms with Gasteiger partial charge in [-0.1, -0.05) is 41.4 Å². The minimum Gasteiger partial charge on any atom is -0.323 e. The summed E-state index contributed by atoms with van der Waals surface area (Å²) in [5.74, 6) is -2.27.